The van der Waals surface area contributed by atoms with Gasteiger partial charge in [-0.1, -0.05) is 24.3 Å². The number of aliphatic imine (C=N–C) groups is 1. The molecule has 1 unspecified atom stereocenters. The zero-order chi connectivity index (χ0) is 16.8. The number of fused-ring (bicyclic) bond motifs is 1. The molecule has 1 atom stereocenters. The van der Waals surface area contributed by atoms with E-state index in [0.29, 0.717) is 19.8 Å². The van der Waals surface area contributed by atoms with Gasteiger partial charge in [-0.25, -0.2) is 0 Å². The van der Waals surface area contributed by atoms with Crippen molar-refractivity contribution in [1.29, 1.82) is 0 Å². The van der Waals surface area contributed by atoms with Crippen molar-refractivity contribution in [2.75, 3.05) is 39.5 Å². The van der Waals surface area contributed by atoms with Crippen molar-refractivity contribution in [2.45, 2.75) is 25.9 Å². The van der Waals surface area contributed by atoms with Crippen molar-refractivity contribution < 1.29 is 14.3 Å². The van der Waals surface area contributed by atoms with Crippen LogP contribution in [0.4, 0.5) is 0 Å². The van der Waals surface area contributed by atoms with Crippen LogP contribution in [0.2, 0.25) is 0 Å². The standard InChI is InChI=1S/C18H25N3O3/c1-14(21-8-11-23-12-9-21)18(22)24-10-4-7-19-17-16-6-3-2-5-15(16)13-20-17/h2-3,5-6,14H,4,7-13H2,1H3,(H,19,20). The van der Waals surface area contributed by atoms with Crippen LogP contribution in [0.5, 0.6) is 0 Å². The summed E-state index contributed by atoms with van der Waals surface area (Å²) in [7, 11) is 0. The molecule has 3 rings (SSSR count). The molecule has 130 valence electrons. The minimum atomic E-state index is -0.201. The van der Waals surface area contributed by atoms with Crippen LogP contribution in [0.1, 0.15) is 24.5 Å². The number of hydrogen-bond donors (Lipinski definition) is 1. The highest BCUT2D eigenvalue weighted by atomic mass is 16.5. The summed E-state index contributed by atoms with van der Waals surface area (Å²) in [6.07, 6.45) is 0.767. The molecule has 2 heterocycles. The first-order valence-corrected chi connectivity index (χ1v) is 8.61. The lowest BCUT2D eigenvalue weighted by atomic mass is 10.1. The van der Waals surface area contributed by atoms with Gasteiger partial charge in [-0.2, -0.15) is 0 Å². The van der Waals surface area contributed by atoms with Gasteiger partial charge in [-0.3, -0.25) is 14.7 Å². The van der Waals surface area contributed by atoms with Crippen molar-refractivity contribution in [3.05, 3.63) is 35.4 Å². The molecule has 0 saturated carbocycles. The Labute approximate surface area is 142 Å². The van der Waals surface area contributed by atoms with Crippen LogP contribution in [0, 0.1) is 0 Å². The number of amidine groups is 1. The Morgan fingerprint density at radius 2 is 2.17 bits per heavy atom. The molecule has 24 heavy (non-hydrogen) atoms. The van der Waals surface area contributed by atoms with E-state index in [-0.39, 0.29) is 12.0 Å². The summed E-state index contributed by atoms with van der Waals surface area (Å²) in [5.74, 6) is 0.791. The lowest BCUT2D eigenvalue weighted by molar-refractivity contribution is -0.151. The highest BCUT2D eigenvalue weighted by molar-refractivity contribution is 6.01. The fourth-order valence-electron chi connectivity index (χ4n) is 2.98. The Kier molecular flexibility index (Phi) is 5.82. The van der Waals surface area contributed by atoms with Crippen LogP contribution in [-0.4, -0.2) is 62.2 Å². The summed E-state index contributed by atoms with van der Waals surface area (Å²) in [6.45, 7) is 6.76. The molecule has 0 radical (unpaired) electrons. The third-order valence-electron chi connectivity index (χ3n) is 4.47. The summed E-state index contributed by atoms with van der Waals surface area (Å²) in [5.41, 5.74) is 2.43. The minimum absolute atomic E-state index is 0.152. The van der Waals surface area contributed by atoms with Gasteiger partial charge in [-0.05, 0) is 18.9 Å². The predicted molar refractivity (Wildman–Crippen MR) is 92.1 cm³/mol. The maximum Gasteiger partial charge on any atom is 0.323 e. The number of nitrogens with one attached hydrogen (secondary N) is 1. The van der Waals surface area contributed by atoms with E-state index in [1.807, 2.05) is 19.1 Å². The molecule has 0 amide bonds. The van der Waals surface area contributed by atoms with Gasteiger partial charge < -0.3 is 14.8 Å². The molecule has 6 nitrogen and oxygen atoms in total. The van der Waals surface area contributed by atoms with E-state index in [1.54, 1.807) is 0 Å². The Morgan fingerprint density at radius 1 is 1.38 bits per heavy atom. The van der Waals surface area contributed by atoms with E-state index >= 15 is 0 Å². The molecule has 6 heteroatoms. The molecule has 0 aromatic heterocycles. The van der Waals surface area contributed by atoms with Gasteiger partial charge in [-0.15, -0.1) is 0 Å². The third-order valence-corrected chi connectivity index (χ3v) is 4.47. The zero-order valence-corrected chi connectivity index (χ0v) is 14.2. The molecule has 1 saturated heterocycles. The summed E-state index contributed by atoms with van der Waals surface area (Å²) in [5, 5.41) is 3.34. The summed E-state index contributed by atoms with van der Waals surface area (Å²) in [4.78, 5) is 18.7. The normalized spacial score (nSPS) is 18.6. The SMILES string of the molecule is CC(C(=O)OCCCNC1=NCc2ccccc21)N1CCOCC1. The van der Waals surface area contributed by atoms with Crippen molar-refractivity contribution >= 4 is 11.8 Å². The van der Waals surface area contributed by atoms with Crippen molar-refractivity contribution in [3.8, 4) is 0 Å². The summed E-state index contributed by atoms with van der Waals surface area (Å²) < 4.78 is 10.7. The average molecular weight is 331 g/mol. The quantitative estimate of drug-likeness (QED) is 0.627. The molecule has 0 aliphatic carbocycles. The van der Waals surface area contributed by atoms with Gasteiger partial charge in [0.2, 0.25) is 0 Å². The van der Waals surface area contributed by atoms with Crippen LogP contribution < -0.4 is 5.32 Å². The Hall–Kier alpha value is -1.92. The number of nitrogens with zero attached hydrogens (tertiary/aromatic N) is 2. The van der Waals surface area contributed by atoms with Crippen LogP contribution in [0.25, 0.3) is 0 Å². The Bertz CT molecular complexity index is 597. The smallest absolute Gasteiger partial charge is 0.323 e. The fraction of sp³-hybridized carbons (Fsp3) is 0.556. The minimum Gasteiger partial charge on any atom is -0.464 e. The number of ether oxygens (including phenoxy) is 2. The number of morpholine rings is 1. The number of benzene rings is 1. The molecule has 1 fully saturated rings. The second-order valence-corrected chi connectivity index (χ2v) is 6.09. The number of carbonyl (C=O) groups is 1. The second-order valence-electron chi connectivity index (χ2n) is 6.09. The van der Waals surface area contributed by atoms with E-state index in [9.17, 15) is 4.79 Å². The van der Waals surface area contributed by atoms with Crippen molar-refractivity contribution in [3.63, 3.8) is 0 Å². The van der Waals surface area contributed by atoms with E-state index < -0.39 is 0 Å². The fourth-order valence-corrected chi connectivity index (χ4v) is 2.98. The average Bonchev–Trinajstić information content (AvgIpc) is 3.04. The molecule has 0 spiro atoms. The Balaban J connectivity index is 1.33. The monoisotopic (exact) mass is 331 g/mol. The lowest BCUT2D eigenvalue weighted by Gasteiger charge is -2.30. The summed E-state index contributed by atoms with van der Waals surface area (Å²) >= 11 is 0. The molecular formula is C18H25N3O3. The largest absolute Gasteiger partial charge is 0.464 e. The highest BCUT2D eigenvalue weighted by Gasteiger charge is 2.24. The molecular weight excluding hydrogens is 306 g/mol. The molecule has 1 N–H and O–H groups in total. The number of esters is 1. The molecule has 1 aromatic carbocycles. The van der Waals surface area contributed by atoms with E-state index in [0.717, 1.165) is 38.4 Å². The molecule has 1 aromatic rings. The van der Waals surface area contributed by atoms with Gasteiger partial charge >= 0.3 is 5.97 Å². The van der Waals surface area contributed by atoms with Crippen LogP contribution in [0.15, 0.2) is 29.3 Å². The maximum absolute atomic E-state index is 12.1. The van der Waals surface area contributed by atoms with E-state index in [2.05, 4.69) is 27.3 Å². The Morgan fingerprint density at radius 3 is 3.00 bits per heavy atom. The number of hydrogen-bond acceptors (Lipinski definition) is 6. The van der Waals surface area contributed by atoms with Crippen LogP contribution in [0.3, 0.4) is 0 Å². The lowest BCUT2D eigenvalue weighted by Crippen LogP contribution is -2.46. The zero-order valence-electron chi connectivity index (χ0n) is 14.2. The number of rotatable bonds is 6. The topological polar surface area (TPSA) is 63.2 Å². The van der Waals surface area contributed by atoms with Gasteiger partial charge in [0, 0.05) is 25.2 Å². The first-order chi connectivity index (χ1) is 11.8. The van der Waals surface area contributed by atoms with Crippen LogP contribution in [-0.2, 0) is 20.8 Å². The molecule has 2 aliphatic rings. The number of carbonyl (C=O) groups excluding carboxylic acids is 1. The molecule has 0 bridgehead atoms. The van der Waals surface area contributed by atoms with Gasteiger partial charge in [0.25, 0.3) is 0 Å². The van der Waals surface area contributed by atoms with Gasteiger partial charge in [0.15, 0.2) is 0 Å². The molecule has 2 aliphatic heterocycles. The van der Waals surface area contributed by atoms with Crippen molar-refractivity contribution in [2.24, 2.45) is 4.99 Å². The van der Waals surface area contributed by atoms with Crippen LogP contribution >= 0.6 is 0 Å². The highest BCUT2D eigenvalue weighted by Crippen LogP contribution is 2.16. The van der Waals surface area contributed by atoms with E-state index in [1.165, 1.54) is 11.1 Å². The van der Waals surface area contributed by atoms with Gasteiger partial charge in [0.05, 0.1) is 26.4 Å². The maximum atomic E-state index is 12.1. The predicted octanol–water partition coefficient (Wildman–Crippen LogP) is 1.19. The third kappa shape index (κ3) is 4.13. The first kappa shape index (κ1) is 16.9. The second kappa shape index (κ2) is 8.26. The van der Waals surface area contributed by atoms with E-state index in [4.69, 9.17) is 9.47 Å². The summed E-state index contributed by atoms with van der Waals surface area (Å²) in [6, 6.07) is 8.04. The van der Waals surface area contributed by atoms with Gasteiger partial charge in [0.1, 0.15) is 11.9 Å². The van der Waals surface area contributed by atoms with Crippen molar-refractivity contribution in [1.82, 2.24) is 10.2 Å². The first-order valence-electron chi connectivity index (χ1n) is 8.61.